The first kappa shape index (κ1) is 13.1. The number of hydrogen-bond donors (Lipinski definition) is 1. The summed E-state index contributed by atoms with van der Waals surface area (Å²) in [7, 11) is 0. The molecule has 0 aliphatic heterocycles. The van der Waals surface area contributed by atoms with E-state index < -0.39 is 0 Å². The molecule has 1 aromatic rings. The van der Waals surface area contributed by atoms with Gasteiger partial charge in [0.1, 0.15) is 0 Å². The number of aryl methyl sites for hydroxylation is 1. The Morgan fingerprint density at radius 1 is 1.33 bits per heavy atom. The molecule has 1 aliphatic rings. The molecule has 0 unspecified atom stereocenters. The Morgan fingerprint density at radius 3 is 2.56 bits per heavy atom. The molecule has 1 N–H and O–H groups in total. The molecular formula is C16H22N2. The van der Waals surface area contributed by atoms with E-state index in [2.05, 4.69) is 56.4 Å². The molecule has 1 saturated carbocycles. The largest absolute Gasteiger partial charge is 0.314 e. The lowest BCUT2D eigenvalue weighted by molar-refractivity contribution is 0.442. The van der Waals surface area contributed by atoms with Crippen LogP contribution in [0.5, 0.6) is 0 Å². The maximum Gasteiger partial charge on any atom is 0.0703 e. The van der Waals surface area contributed by atoms with Crippen molar-refractivity contribution in [1.82, 2.24) is 5.32 Å². The Bertz CT molecular complexity index is 464. The van der Waals surface area contributed by atoms with Gasteiger partial charge in [0.05, 0.1) is 11.5 Å². The van der Waals surface area contributed by atoms with Crippen molar-refractivity contribution in [1.29, 1.82) is 5.26 Å². The lowest BCUT2D eigenvalue weighted by Gasteiger charge is -2.28. The monoisotopic (exact) mass is 242 g/mol. The molecule has 0 radical (unpaired) electrons. The van der Waals surface area contributed by atoms with Gasteiger partial charge < -0.3 is 5.32 Å². The maximum absolute atomic E-state index is 9.06. The van der Waals surface area contributed by atoms with Crippen molar-refractivity contribution in [3.63, 3.8) is 0 Å². The molecule has 2 heteroatoms. The van der Waals surface area contributed by atoms with Crippen LogP contribution in [-0.2, 0) is 5.41 Å². The number of nitrogens with one attached hydrogen (secondary N) is 1. The van der Waals surface area contributed by atoms with Crippen LogP contribution in [0, 0.1) is 23.7 Å². The van der Waals surface area contributed by atoms with E-state index in [1.165, 1.54) is 11.1 Å². The Kier molecular flexibility index (Phi) is 3.45. The van der Waals surface area contributed by atoms with Crippen LogP contribution in [0.15, 0.2) is 24.3 Å². The summed E-state index contributed by atoms with van der Waals surface area (Å²) < 4.78 is 0. The van der Waals surface area contributed by atoms with Crippen molar-refractivity contribution in [2.45, 2.75) is 39.0 Å². The van der Waals surface area contributed by atoms with E-state index in [-0.39, 0.29) is 10.8 Å². The van der Waals surface area contributed by atoms with Crippen LogP contribution in [0.25, 0.3) is 0 Å². The van der Waals surface area contributed by atoms with Gasteiger partial charge in [-0.25, -0.2) is 0 Å². The molecular weight excluding hydrogens is 220 g/mol. The van der Waals surface area contributed by atoms with Crippen molar-refractivity contribution in [3.8, 4) is 6.07 Å². The summed E-state index contributed by atoms with van der Waals surface area (Å²) in [5.41, 5.74) is 2.78. The summed E-state index contributed by atoms with van der Waals surface area (Å²) in [6.07, 6.45) is 2.11. The highest BCUT2D eigenvalue weighted by atomic mass is 14.9. The fourth-order valence-corrected chi connectivity index (χ4v) is 2.52. The molecule has 96 valence electrons. The van der Waals surface area contributed by atoms with E-state index >= 15 is 0 Å². The first-order valence-corrected chi connectivity index (χ1v) is 6.67. The zero-order chi connectivity index (χ0) is 13.2. The van der Waals surface area contributed by atoms with Crippen LogP contribution >= 0.6 is 0 Å². The SMILES string of the molecule is Cc1ccccc1C(C)(C)CNCC1(C#N)CC1. The summed E-state index contributed by atoms with van der Waals surface area (Å²) in [6, 6.07) is 11.0. The normalized spacial score (nSPS) is 17.2. The van der Waals surface area contributed by atoms with Gasteiger partial charge in [-0.15, -0.1) is 0 Å². The molecule has 2 rings (SSSR count). The van der Waals surface area contributed by atoms with E-state index in [1.807, 2.05) is 0 Å². The van der Waals surface area contributed by atoms with Gasteiger partial charge >= 0.3 is 0 Å². The number of nitriles is 1. The first-order valence-electron chi connectivity index (χ1n) is 6.67. The minimum absolute atomic E-state index is 0.0538. The van der Waals surface area contributed by atoms with Gasteiger partial charge in [-0.1, -0.05) is 38.1 Å². The summed E-state index contributed by atoms with van der Waals surface area (Å²) in [5.74, 6) is 0. The highest BCUT2D eigenvalue weighted by molar-refractivity contribution is 5.32. The fraction of sp³-hybridized carbons (Fsp3) is 0.562. The average molecular weight is 242 g/mol. The Labute approximate surface area is 110 Å². The van der Waals surface area contributed by atoms with Gasteiger partial charge in [0.25, 0.3) is 0 Å². The second kappa shape index (κ2) is 4.74. The molecule has 0 amide bonds. The number of hydrogen-bond acceptors (Lipinski definition) is 2. The van der Waals surface area contributed by atoms with Gasteiger partial charge in [-0.05, 0) is 30.9 Å². The third-order valence-corrected chi connectivity index (χ3v) is 4.00. The van der Waals surface area contributed by atoms with Crippen LogP contribution in [-0.4, -0.2) is 13.1 Å². The topological polar surface area (TPSA) is 35.8 Å². The third kappa shape index (κ3) is 2.73. The highest BCUT2D eigenvalue weighted by Gasteiger charge is 2.42. The third-order valence-electron chi connectivity index (χ3n) is 4.00. The molecule has 0 atom stereocenters. The van der Waals surface area contributed by atoms with E-state index in [0.29, 0.717) is 0 Å². The molecule has 1 fully saturated rings. The van der Waals surface area contributed by atoms with E-state index in [9.17, 15) is 0 Å². The molecule has 0 saturated heterocycles. The zero-order valence-corrected chi connectivity index (χ0v) is 11.6. The predicted molar refractivity (Wildman–Crippen MR) is 74.4 cm³/mol. The van der Waals surface area contributed by atoms with Crippen LogP contribution in [0.4, 0.5) is 0 Å². The molecule has 18 heavy (non-hydrogen) atoms. The summed E-state index contributed by atoms with van der Waals surface area (Å²) in [4.78, 5) is 0. The van der Waals surface area contributed by atoms with Crippen molar-refractivity contribution < 1.29 is 0 Å². The Balaban J connectivity index is 1.96. The standard InChI is InChI=1S/C16H22N2/c1-13-6-4-5-7-14(13)15(2,3)11-18-12-16(10-17)8-9-16/h4-7,18H,8-9,11-12H2,1-3H3. The minimum atomic E-state index is -0.0538. The lowest BCUT2D eigenvalue weighted by Crippen LogP contribution is -2.36. The smallest absolute Gasteiger partial charge is 0.0703 e. The summed E-state index contributed by atoms with van der Waals surface area (Å²) in [6.45, 7) is 8.43. The van der Waals surface area contributed by atoms with Crippen molar-refractivity contribution >= 4 is 0 Å². The Morgan fingerprint density at radius 2 is 2.00 bits per heavy atom. The Hall–Kier alpha value is -1.33. The first-order chi connectivity index (χ1) is 8.49. The van der Waals surface area contributed by atoms with Gasteiger partial charge in [-0.3, -0.25) is 0 Å². The summed E-state index contributed by atoms with van der Waals surface area (Å²) in [5, 5.41) is 12.5. The van der Waals surface area contributed by atoms with Crippen LogP contribution in [0.1, 0.15) is 37.8 Å². The molecule has 0 bridgehead atoms. The lowest BCUT2D eigenvalue weighted by atomic mass is 9.82. The minimum Gasteiger partial charge on any atom is -0.314 e. The second-order valence-corrected chi connectivity index (χ2v) is 6.19. The zero-order valence-electron chi connectivity index (χ0n) is 11.6. The van der Waals surface area contributed by atoms with Crippen LogP contribution in [0.3, 0.4) is 0 Å². The number of benzene rings is 1. The molecule has 0 heterocycles. The van der Waals surface area contributed by atoms with Crippen LogP contribution < -0.4 is 5.32 Å². The average Bonchev–Trinajstić information content (AvgIpc) is 3.10. The molecule has 1 aromatic carbocycles. The maximum atomic E-state index is 9.06. The number of rotatable bonds is 5. The highest BCUT2D eigenvalue weighted by Crippen LogP contribution is 2.44. The van der Waals surface area contributed by atoms with E-state index in [0.717, 1.165) is 25.9 Å². The van der Waals surface area contributed by atoms with Gasteiger partial charge in [0, 0.05) is 18.5 Å². The second-order valence-electron chi connectivity index (χ2n) is 6.19. The van der Waals surface area contributed by atoms with E-state index in [1.54, 1.807) is 0 Å². The summed E-state index contributed by atoms with van der Waals surface area (Å²) >= 11 is 0. The molecule has 0 aromatic heterocycles. The quantitative estimate of drug-likeness (QED) is 0.861. The van der Waals surface area contributed by atoms with Gasteiger partial charge in [0.2, 0.25) is 0 Å². The van der Waals surface area contributed by atoms with Crippen molar-refractivity contribution in [3.05, 3.63) is 35.4 Å². The number of nitrogens with zero attached hydrogens (tertiary/aromatic N) is 1. The molecule has 1 aliphatic carbocycles. The molecule has 0 spiro atoms. The predicted octanol–water partition coefficient (Wildman–Crippen LogP) is 3.17. The van der Waals surface area contributed by atoms with E-state index in [4.69, 9.17) is 5.26 Å². The van der Waals surface area contributed by atoms with Crippen molar-refractivity contribution in [2.24, 2.45) is 5.41 Å². The van der Waals surface area contributed by atoms with Crippen molar-refractivity contribution in [2.75, 3.05) is 13.1 Å². The fourth-order valence-electron chi connectivity index (χ4n) is 2.52. The van der Waals surface area contributed by atoms with Gasteiger partial charge in [-0.2, -0.15) is 5.26 Å². The van der Waals surface area contributed by atoms with Crippen LogP contribution in [0.2, 0.25) is 0 Å². The van der Waals surface area contributed by atoms with Gasteiger partial charge in [0.15, 0.2) is 0 Å². The molecule has 2 nitrogen and oxygen atoms in total.